The molecule has 3 rings (SSSR count). The first-order chi connectivity index (χ1) is 15.0. The molecule has 0 atom stereocenters. The molecule has 3 aromatic rings. The van der Waals surface area contributed by atoms with Crippen LogP contribution in [0.2, 0.25) is 0 Å². The zero-order chi connectivity index (χ0) is 22.1. The van der Waals surface area contributed by atoms with Crippen molar-refractivity contribution in [3.05, 3.63) is 90.0 Å². The van der Waals surface area contributed by atoms with Crippen LogP contribution in [-0.4, -0.2) is 31.3 Å². The largest absolute Gasteiger partial charge is 0.490 e. The van der Waals surface area contributed by atoms with Gasteiger partial charge in [0.05, 0.1) is 11.7 Å². The molecule has 0 aliphatic carbocycles. The fourth-order valence-corrected chi connectivity index (χ4v) is 2.72. The summed E-state index contributed by atoms with van der Waals surface area (Å²) < 4.78 is 22.0. The molecule has 6 heteroatoms. The summed E-state index contributed by atoms with van der Waals surface area (Å²) in [6.07, 6.45) is -0.242. The van der Waals surface area contributed by atoms with Crippen LogP contribution in [-0.2, 0) is 4.74 Å². The van der Waals surface area contributed by atoms with Crippen molar-refractivity contribution < 1.29 is 28.5 Å². The van der Waals surface area contributed by atoms with Crippen molar-refractivity contribution in [2.24, 2.45) is 0 Å². The van der Waals surface area contributed by atoms with E-state index in [4.69, 9.17) is 18.9 Å². The van der Waals surface area contributed by atoms with Crippen molar-refractivity contribution in [3.8, 4) is 17.2 Å². The molecule has 0 saturated carbocycles. The van der Waals surface area contributed by atoms with Gasteiger partial charge in [0.25, 0.3) is 0 Å². The zero-order valence-corrected chi connectivity index (χ0v) is 17.4. The molecular formula is C25H24O6. The van der Waals surface area contributed by atoms with Gasteiger partial charge in [0.1, 0.15) is 36.0 Å². The van der Waals surface area contributed by atoms with E-state index in [1.165, 1.54) is 6.07 Å². The molecule has 160 valence electrons. The predicted octanol–water partition coefficient (Wildman–Crippen LogP) is 4.93. The van der Waals surface area contributed by atoms with Crippen LogP contribution in [0, 0.1) is 0 Å². The third kappa shape index (κ3) is 6.60. The summed E-state index contributed by atoms with van der Waals surface area (Å²) in [6.45, 7) is 4.12. The monoisotopic (exact) mass is 420 g/mol. The first-order valence-electron chi connectivity index (χ1n) is 9.96. The SMILES string of the molecule is CC(C)OC(=O)c1cccc(OC(=O)c2ccccc2OCCOc2ccccc2)c1. The Hall–Kier alpha value is -3.80. The van der Waals surface area contributed by atoms with Gasteiger partial charge in [0.15, 0.2) is 0 Å². The first kappa shape index (κ1) is 21.9. The number of rotatable bonds is 9. The maximum Gasteiger partial charge on any atom is 0.347 e. The molecule has 0 saturated heterocycles. The van der Waals surface area contributed by atoms with Crippen LogP contribution in [0.5, 0.6) is 17.2 Å². The van der Waals surface area contributed by atoms with Crippen LogP contribution in [0.15, 0.2) is 78.9 Å². The highest BCUT2D eigenvalue weighted by Crippen LogP contribution is 2.22. The molecule has 0 heterocycles. The Morgan fingerprint density at radius 2 is 1.42 bits per heavy atom. The van der Waals surface area contributed by atoms with Crippen molar-refractivity contribution in [3.63, 3.8) is 0 Å². The average molecular weight is 420 g/mol. The second kappa shape index (κ2) is 10.8. The predicted molar refractivity (Wildman–Crippen MR) is 116 cm³/mol. The topological polar surface area (TPSA) is 71.1 Å². The number of carbonyl (C=O) groups is 2. The molecule has 0 aliphatic heterocycles. The van der Waals surface area contributed by atoms with E-state index in [0.717, 1.165) is 5.75 Å². The molecule has 0 bridgehead atoms. The molecule has 0 fully saturated rings. The maximum absolute atomic E-state index is 12.7. The van der Waals surface area contributed by atoms with Gasteiger partial charge in [0, 0.05) is 0 Å². The Morgan fingerprint density at radius 3 is 2.19 bits per heavy atom. The molecule has 31 heavy (non-hydrogen) atoms. The summed E-state index contributed by atoms with van der Waals surface area (Å²) >= 11 is 0. The fourth-order valence-electron chi connectivity index (χ4n) is 2.72. The highest BCUT2D eigenvalue weighted by molar-refractivity contribution is 5.94. The van der Waals surface area contributed by atoms with Gasteiger partial charge < -0.3 is 18.9 Å². The molecular weight excluding hydrogens is 396 g/mol. The summed E-state index contributed by atoms with van der Waals surface area (Å²) in [5, 5.41) is 0. The van der Waals surface area contributed by atoms with Crippen LogP contribution in [0.4, 0.5) is 0 Å². The number of ether oxygens (including phenoxy) is 4. The summed E-state index contributed by atoms with van der Waals surface area (Å²) in [5.41, 5.74) is 0.582. The third-order valence-electron chi connectivity index (χ3n) is 4.08. The fraction of sp³-hybridized carbons (Fsp3) is 0.200. The van der Waals surface area contributed by atoms with Gasteiger partial charge in [-0.1, -0.05) is 36.4 Å². The van der Waals surface area contributed by atoms with E-state index in [2.05, 4.69) is 0 Å². The molecule has 0 spiro atoms. The number of benzene rings is 3. The van der Waals surface area contributed by atoms with Crippen molar-refractivity contribution in [2.45, 2.75) is 20.0 Å². The van der Waals surface area contributed by atoms with Crippen LogP contribution in [0.25, 0.3) is 0 Å². The Balaban J connectivity index is 1.61. The maximum atomic E-state index is 12.7. The summed E-state index contributed by atoms with van der Waals surface area (Å²) in [5.74, 6) is 0.309. The van der Waals surface area contributed by atoms with Gasteiger partial charge in [-0.2, -0.15) is 0 Å². The lowest BCUT2D eigenvalue weighted by Gasteiger charge is -2.12. The van der Waals surface area contributed by atoms with E-state index in [9.17, 15) is 9.59 Å². The van der Waals surface area contributed by atoms with Crippen molar-refractivity contribution in [1.82, 2.24) is 0 Å². The van der Waals surface area contributed by atoms with Gasteiger partial charge in [0.2, 0.25) is 0 Å². The molecule has 0 radical (unpaired) electrons. The van der Waals surface area contributed by atoms with Crippen molar-refractivity contribution in [1.29, 1.82) is 0 Å². The average Bonchev–Trinajstić information content (AvgIpc) is 2.77. The normalized spacial score (nSPS) is 10.4. The summed E-state index contributed by atoms with van der Waals surface area (Å²) in [7, 11) is 0. The third-order valence-corrected chi connectivity index (χ3v) is 4.08. The second-order valence-electron chi connectivity index (χ2n) is 6.88. The minimum Gasteiger partial charge on any atom is -0.490 e. The van der Waals surface area contributed by atoms with Gasteiger partial charge in [-0.3, -0.25) is 0 Å². The Kier molecular flexibility index (Phi) is 7.65. The molecule has 0 aromatic heterocycles. The van der Waals surface area contributed by atoms with E-state index in [0.29, 0.717) is 17.9 Å². The summed E-state index contributed by atoms with van der Waals surface area (Å²) in [6, 6.07) is 22.5. The van der Waals surface area contributed by atoms with E-state index in [1.54, 1.807) is 56.3 Å². The Labute approximate surface area is 181 Å². The van der Waals surface area contributed by atoms with Crippen molar-refractivity contribution in [2.75, 3.05) is 13.2 Å². The Bertz CT molecular complexity index is 1010. The highest BCUT2D eigenvalue weighted by Gasteiger charge is 2.16. The Morgan fingerprint density at radius 1 is 0.742 bits per heavy atom. The van der Waals surface area contributed by atoms with Crippen LogP contribution >= 0.6 is 0 Å². The van der Waals surface area contributed by atoms with Gasteiger partial charge in [-0.25, -0.2) is 9.59 Å². The lowest BCUT2D eigenvalue weighted by molar-refractivity contribution is 0.0376. The van der Waals surface area contributed by atoms with E-state index >= 15 is 0 Å². The van der Waals surface area contributed by atoms with Gasteiger partial charge in [-0.15, -0.1) is 0 Å². The molecule has 0 N–H and O–H groups in total. The number of hydrogen-bond donors (Lipinski definition) is 0. The first-order valence-corrected chi connectivity index (χ1v) is 9.96. The zero-order valence-electron chi connectivity index (χ0n) is 17.4. The van der Waals surface area contributed by atoms with Gasteiger partial charge in [-0.05, 0) is 56.3 Å². The van der Waals surface area contributed by atoms with Crippen molar-refractivity contribution >= 4 is 11.9 Å². The smallest absolute Gasteiger partial charge is 0.347 e. The van der Waals surface area contributed by atoms with E-state index in [1.807, 2.05) is 30.3 Å². The highest BCUT2D eigenvalue weighted by atomic mass is 16.5. The van der Waals surface area contributed by atoms with Crippen LogP contribution < -0.4 is 14.2 Å². The molecule has 6 nitrogen and oxygen atoms in total. The number of carbonyl (C=O) groups excluding carboxylic acids is 2. The molecule has 0 aliphatic rings. The lowest BCUT2D eigenvalue weighted by Crippen LogP contribution is -2.14. The van der Waals surface area contributed by atoms with Crippen LogP contribution in [0.3, 0.4) is 0 Å². The van der Waals surface area contributed by atoms with E-state index < -0.39 is 11.9 Å². The lowest BCUT2D eigenvalue weighted by atomic mass is 10.2. The molecule has 3 aromatic carbocycles. The standard InChI is InChI=1S/C25H24O6/c1-18(2)30-24(26)19-9-8-12-21(17-19)31-25(27)22-13-6-7-14-23(22)29-16-15-28-20-10-4-3-5-11-20/h3-14,17-18H,15-16H2,1-2H3. The minimum absolute atomic E-state index is 0.241. The summed E-state index contributed by atoms with van der Waals surface area (Å²) in [4.78, 5) is 24.8. The molecule has 0 amide bonds. The second-order valence-corrected chi connectivity index (χ2v) is 6.88. The quantitative estimate of drug-likeness (QED) is 0.278. The number of para-hydroxylation sites is 2. The number of hydrogen-bond acceptors (Lipinski definition) is 6. The van der Waals surface area contributed by atoms with Gasteiger partial charge >= 0.3 is 11.9 Å². The minimum atomic E-state index is -0.589. The van der Waals surface area contributed by atoms with E-state index in [-0.39, 0.29) is 24.0 Å². The van der Waals surface area contributed by atoms with Crippen LogP contribution in [0.1, 0.15) is 34.6 Å². The number of esters is 2. The molecule has 0 unspecified atom stereocenters.